The fourth-order valence-corrected chi connectivity index (χ4v) is 3.97. The summed E-state index contributed by atoms with van der Waals surface area (Å²) < 4.78 is 20.9. The molecule has 0 fully saturated rings. The molecule has 0 radical (unpaired) electrons. The van der Waals surface area contributed by atoms with Crippen LogP contribution < -0.4 is 15.8 Å². The average Bonchev–Trinajstić information content (AvgIpc) is 3.07. The molecule has 0 saturated heterocycles. The van der Waals surface area contributed by atoms with Gasteiger partial charge in [0.1, 0.15) is 24.2 Å². The van der Waals surface area contributed by atoms with Crippen molar-refractivity contribution < 1.29 is 23.8 Å². The molecule has 3 heterocycles. The first kappa shape index (κ1) is 20.2. The second-order valence-electron chi connectivity index (χ2n) is 7.05. The molecule has 1 aromatic heterocycles. The van der Waals surface area contributed by atoms with Gasteiger partial charge in [-0.05, 0) is 6.07 Å². The number of amides is 2. The number of carbonyl (C=O) groups excluding carboxylic acids is 2. The van der Waals surface area contributed by atoms with Gasteiger partial charge in [0.05, 0.1) is 17.3 Å². The van der Waals surface area contributed by atoms with Crippen LogP contribution in [0.3, 0.4) is 0 Å². The monoisotopic (exact) mass is 436 g/mol. The lowest BCUT2D eigenvalue weighted by Gasteiger charge is -2.35. The quantitative estimate of drug-likeness (QED) is 0.740. The third-order valence-electron chi connectivity index (χ3n) is 5.23. The molecule has 4 rings (SSSR count). The van der Waals surface area contributed by atoms with Gasteiger partial charge < -0.3 is 20.1 Å². The molecule has 9 nitrogen and oxygen atoms in total. The summed E-state index contributed by atoms with van der Waals surface area (Å²) in [6.45, 7) is 0.235. The van der Waals surface area contributed by atoms with Crippen molar-refractivity contribution in [3.8, 4) is 5.75 Å². The molecule has 30 heavy (non-hydrogen) atoms. The van der Waals surface area contributed by atoms with Crippen molar-refractivity contribution in [1.82, 2.24) is 14.9 Å². The number of pyridine rings is 1. The summed E-state index contributed by atoms with van der Waals surface area (Å²) in [6, 6.07) is 4.36. The number of aromatic hydroxyl groups is 1. The van der Waals surface area contributed by atoms with Crippen LogP contribution >= 0.6 is 11.6 Å². The number of methoxy groups -OCH3 is 1. The van der Waals surface area contributed by atoms with Gasteiger partial charge in [0.25, 0.3) is 11.8 Å². The Bertz CT molecular complexity index is 1130. The Morgan fingerprint density at radius 2 is 2.13 bits per heavy atom. The highest BCUT2D eigenvalue weighted by Gasteiger charge is 2.43. The molecule has 0 spiro atoms. The summed E-state index contributed by atoms with van der Waals surface area (Å²) in [4.78, 5) is 39.7. The Hall–Kier alpha value is -3.11. The number of nitrogens with zero attached hydrogens (tertiary/aromatic N) is 3. The van der Waals surface area contributed by atoms with Gasteiger partial charge in [0.2, 0.25) is 5.43 Å². The molecule has 158 valence electrons. The van der Waals surface area contributed by atoms with Crippen molar-refractivity contribution >= 4 is 23.4 Å². The standard InChI is InChI=1S/C19H18ClFN4O5/c1-23-8-24-7-11(30-2)14-12(16(26)17(27)15(19(23)29)25(14)24)18(28)22-6-9-4-3-5-10(20)13(9)21/h3-5,11,27H,6-8H2,1-2H3,(H,22,28)/t11-/m1/s1. The Kier molecular flexibility index (Phi) is 4.91. The smallest absolute Gasteiger partial charge is 0.277 e. The fraction of sp³-hybridized carbons (Fsp3) is 0.316. The fourth-order valence-electron chi connectivity index (χ4n) is 3.78. The third kappa shape index (κ3) is 2.91. The highest BCUT2D eigenvalue weighted by Crippen LogP contribution is 2.34. The third-order valence-corrected chi connectivity index (χ3v) is 5.53. The molecule has 2 aliphatic heterocycles. The predicted octanol–water partition coefficient (Wildman–Crippen LogP) is 0.959. The van der Waals surface area contributed by atoms with Gasteiger partial charge in [-0.3, -0.25) is 19.4 Å². The first-order chi connectivity index (χ1) is 14.3. The van der Waals surface area contributed by atoms with Gasteiger partial charge in [0, 0.05) is 26.3 Å². The van der Waals surface area contributed by atoms with Gasteiger partial charge in [-0.2, -0.15) is 0 Å². The molecule has 0 aliphatic carbocycles. The van der Waals surface area contributed by atoms with E-state index in [-0.39, 0.29) is 47.3 Å². The molecule has 2 aliphatic rings. The Morgan fingerprint density at radius 3 is 2.83 bits per heavy atom. The van der Waals surface area contributed by atoms with Crippen molar-refractivity contribution in [1.29, 1.82) is 0 Å². The minimum absolute atomic E-state index is 0.0930. The van der Waals surface area contributed by atoms with Crippen molar-refractivity contribution in [3.05, 3.63) is 61.8 Å². The number of hydrogen-bond acceptors (Lipinski definition) is 6. The largest absolute Gasteiger partial charge is 0.502 e. The number of hydrogen-bond donors (Lipinski definition) is 2. The minimum atomic E-state index is -0.993. The van der Waals surface area contributed by atoms with E-state index in [4.69, 9.17) is 16.3 Å². The topological polar surface area (TPSA) is 104 Å². The molecule has 0 unspecified atom stereocenters. The van der Waals surface area contributed by atoms with E-state index in [0.29, 0.717) is 0 Å². The van der Waals surface area contributed by atoms with Crippen LogP contribution in [0.4, 0.5) is 4.39 Å². The van der Waals surface area contributed by atoms with Crippen LogP contribution in [0.5, 0.6) is 5.75 Å². The number of benzene rings is 1. The van der Waals surface area contributed by atoms with E-state index in [1.54, 1.807) is 5.01 Å². The van der Waals surface area contributed by atoms with Crippen LogP contribution in [0.2, 0.25) is 5.02 Å². The SMILES string of the molecule is CO[C@@H]1CN2CN(C)C(=O)c3c(O)c(=O)c(C(=O)NCc4cccc(Cl)c4F)c1n32. The number of ether oxygens (including phenoxy) is 1. The normalized spacial score (nSPS) is 17.3. The zero-order valence-corrected chi connectivity index (χ0v) is 16.9. The van der Waals surface area contributed by atoms with E-state index in [9.17, 15) is 23.9 Å². The number of carbonyl (C=O) groups is 2. The van der Waals surface area contributed by atoms with Crippen LogP contribution in [-0.4, -0.2) is 53.9 Å². The van der Waals surface area contributed by atoms with Crippen molar-refractivity contribution in [2.75, 3.05) is 32.4 Å². The van der Waals surface area contributed by atoms with Crippen LogP contribution in [0.1, 0.15) is 38.2 Å². The lowest BCUT2D eigenvalue weighted by Crippen LogP contribution is -2.51. The maximum absolute atomic E-state index is 14.1. The van der Waals surface area contributed by atoms with Crippen molar-refractivity contribution in [2.24, 2.45) is 0 Å². The molecule has 2 aromatic rings. The maximum Gasteiger partial charge on any atom is 0.277 e. The summed E-state index contributed by atoms with van der Waals surface area (Å²) >= 11 is 5.76. The summed E-state index contributed by atoms with van der Waals surface area (Å²) in [7, 11) is 2.96. The summed E-state index contributed by atoms with van der Waals surface area (Å²) in [6.07, 6.45) is -0.681. The Labute approximate surface area is 175 Å². The molecule has 0 saturated carbocycles. The first-order valence-electron chi connectivity index (χ1n) is 9.02. The number of aromatic nitrogens is 1. The number of nitrogens with one attached hydrogen (secondary N) is 1. The van der Waals surface area contributed by atoms with E-state index in [2.05, 4.69) is 5.32 Å². The van der Waals surface area contributed by atoms with Crippen molar-refractivity contribution in [3.63, 3.8) is 0 Å². The lowest BCUT2D eigenvalue weighted by molar-refractivity contribution is 0.0733. The van der Waals surface area contributed by atoms with Gasteiger partial charge in [-0.25, -0.2) is 9.07 Å². The molecular formula is C19H18ClFN4O5. The first-order valence-corrected chi connectivity index (χ1v) is 9.40. The Balaban J connectivity index is 1.79. The summed E-state index contributed by atoms with van der Waals surface area (Å²) in [5.41, 5.74) is -1.27. The molecule has 1 atom stereocenters. The summed E-state index contributed by atoms with van der Waals surface area (Å²) in [5, 5.41) is 14.5. The Morgan fingerprint density at radius 1 is 1.40 bits per heavy atom. The van der Waals surface area contributed by atoms with Gasteiger partial charge in [-0.15, -0.1) is 0 Å². The highest BCUT2D eigenvalue weighted by atomic mass is 35.5. The van der Waals surface area contributed by atoms with Gasteiger partial charge >= 0.3 is 0 Å². The van der Waals surface area contributed by atoms with Gasteiger partial charge in [-0.1, -0.05) is 23.7 Å². The van der Waals surface area contributed by atoms with Gasteiger partial charge in [0.15, 0.2) is 11.4 Å². The van der Waals surface area contributed by atoms with E-state index < -0.39 is 34.9 Å². The molecule has 11 heteroatoms. The highest BCUT2D eigenvalue weighted by molar-refractivity contribution is 6.30. The molecule has 0 bridgehead atoms. The predicted molar refractivity (Wildman–Crippen MR) is 105 cm³/mol. The second-order valence-corrected chi connectivity index (χ2v) is 7.46. The second kappa shape index (κ2) is 7.29. The van der Waals surface area contributed by atoms with Crippen LogP contribution in [-0.2, 0) is 11.3 Å². The minimum Gasteiger partial charge on any atom is -0.502 e. The van der Waals surface area contributed by atoms with E-state index in [1.165, 1.54) is 41.9 Å². The van der Waals surface area contributed by atoms with E-state index >= 15 is 0 Å². The lowest BCUT2D eigenvalue weighted by atomic mass is 10.1. The zero-order chi connectivity index (χ0) is 21.7. The average molecular weight is 437 g/mol. The zero-order valence-electron chi connectivity index (χ0n) is 16.1. The molecule has 2 amide bonds. The maximum atomic E-state index is 14.1. The van der Waals surface area contributed by atoms with Crippen LogP contribution in [0.15, 0.2) is 23.0 Å². The number of rotatable bonds is 4. The van der Waals surface area contributed by atoms with Crippen LogP contribution in [0.25, 0.3) is 0 Å². The molecule has 1 aromatic carbocycles. The van der Waals surface area contributed by atoms with E-state index in [0.717, 1.165) is 0 Å². The van der Waals surface area contributed by atoms with Crippen molar-refractivity contribution in [2.45, 2.75) is 12.6 Å². The van der Waals surface area contributed by atoms with E-state index in [1.807, 2.05) is 0 Å². The van der Waals surface area contributed by atoms with Crippen LogP contribution in [0, 0.1) is 5.82 Å². The molecule has 2 N–H and O–H groups in total. The summed E-state index contributed by atoms with van der Waals surface area (Å²) in [5.74, 6) is -2.87. The number of halogens is 2. The molecular weight excluding hydrogens is 419 g/mol.